The number of nitrogens with zero attached hydrogens (tertiary/aromatic N) is 1. The summed E-state index contributed by atoms with van der Waals surface area (Å²) in [5, 5.41) is 10.7. The highest BCUT2D eigenvalue weighted by atomic mass is 32.2. The van der Waals surface area contributed by atoms with Crippen LogP contribution in [-0.4, -0.2) is 26.0 Å². The normalized spacial score (nSPS) is 29.7. The zero-order valence-electron chi connectivity index (χ0n) is 19.2. The van der Waals surface area contributed by atoms with E-state index in [0.717, 1.165) is 12.8 Å². The number of rotatable bonds is 5. The highest BCUT2D eigenvalue weighted by Crippen LogP contribution is 2.55. The van der Waals surface area contributed by atoms with E-state index >= 15 is 8.78 Å². The molecule has 1 saturated heterocycles. The van der Waals surface area contributed by atoms with Gasteiger partial charge in [-0.2, -0.15) is 0 Å². The Balaban J connectivity index is 1.42. The van der Waals surface area contributed by atoms with Crippen LogP contribution in [0.1, 0.15) is 67.2 Å². The Kier molecular flexibility index (Phi) is 5.94. The fraction of sp³-hybridized carbons (Fsp3) is 0.423. The van der Waals surface area contributed by atoms with Gasteiger partial charge in [-0.15, -0.1) is 0 Å². The van der Waals surface area contributed by atoms with Crippen molar-refractivity contribution in [2.24, 2.45) is 0 Å². The highest BCUT2D eigenvalue weighted by Gasteiger charge is 2.56. The molecule has 1 aromatic heterocycles. The molecule has 2 aromatic carbocycles. The summed E-state index contributed by atoms with van der Waals surface area (Å²) in [6.07, 6.45) is 3.65. The van der Waals surface area contributed by atoms with Crippen molar-refractivity contribution in [3.63, 3.8) is 0 Å². The quantitative estimate of drug-likeness (QED) is 0.470. The number of H-pyrrole nitrogens is 1. The standard InChI is InChI=1S/C26H28F2N2O3S/c1-16-8-9-22(17-6-4-3-5-7-17)34-30(16)13-18-10-21(28)19(11-20(18)27)26(14-25(2,32)15-26)23-12-29-24(31)33-23/h3-7,10-12,16,22,32H,8-9,13-15H2,1-2H3,(H,29,31)/t16-,22+,25-,26-/m0/s1. The molecule has 180 valence electrons. The molecule has 0 radical (unpaired) electrons. The summed E-state index contributed by atoms with van der Waals surface area (Å²) in [7, 11) is 0. The zero-order valence-corrected chi connectivity index (χ0v) is 20.0. The average molecular weight is 487 g/mol. The fourth-order valence-corrected chi connectivity index (χ4v) is 6.83. The summed E-state index contributed by atoms with van der Waals surface area (Å²) >= 11 is 1.68. The molecule has 2 atom stereocenters. The number of hydrogen-bond acceptors (Lipinski definition) is 5. The number of aromatic nitrogens is 1. The van der Waals surface area contributed by atoms with Crippen molar-refractivity contribution in [3.8, 4) is 0 Å². The number of halogens is 2. The molecule has 5 nitrogen and oxygen atoms in total. The van der Waals surface area contributed by atoms with E-state index in [2.05, 4.69) is 28.3 Å². The van der Waals surface area contributed by atoms with Gasteiger partial charge in [-0.25, -0.2) is 17.9 Å². The smallest absolute Gasteiger partial charge is 0.412 e. The van der Waals surface area contributed by atoms with Crippen LogP contribution in [0, 0.1) is 11.6 Å². The topological polar surface area (TPSA) is 69.5 Å². The van der Waals surface area contributed by atoms with Gasteiger partial charge in [0.25, 0.3) is 0 Å². The van der Waals surface area contributed by atoms with Gasteiger partial charge in [-0.1, -0.05) is 42.3 Å². The Bertz CT molecular complexity index is 1230. The number of aromatic amines is 1. The van der Waals surface area contributed by atoms with Crippen LogP contribution in [0.3, 0.4) is 0 Å². The first kappa shape index (κ1) is 23.3. The summed E-state index contributed by atoms with van der Waals surface area (Å²) < 4.78 is 38.2. The molecule has 34 heavy (non-hydrogen) atoms. The van der Waals surface area contributed by atoms with Crippen LogP contribution in [0.15, 0.2) is 57.9 Å². The van der Waals surface area contributed by atoms with Crippen molar-refractivity contribution >= 4 is 11.9 Å². The lowest BCUT2D eigenvalue weighted by Gasteiger charge is -2.50. The van der Waals surface area contributed by atoms with E-state index in [1.807, 2.05) is 18.2 Å². The van der Waals surface area contributed by atoms with Crippen LogP contribution in [0.4, 0.5) is 8.78 Å². The van der Waals surface area contributed by atoms with E-state index in [1.165, 1.54) is 23.9 Å². The van der Waals surface area contributed by atoms with Crippen molar-refractivity contribution < 1.29 is 18.3 Å². The molecule has 8 heteroatoms. The number of aliphatic hydroxyl groups is 1. The molecule has 0 unspecified atom stereocenters. The minimum absolute atomic E-state index is 0.101. The predicted molar refractivity (Wildman–Crippen MR) is 127 cm³/mol. The maximum atomic E-state index is 15.5. The Hall–Kier alpha value is -2.42. The lowest BCUT2D eigenvalue weighted by atomic mass is 9.55. The van der Waals surface area contributed by atoms with Crippen molar-refractivity contribution in [1.82, 2.24) is 9.29 Å². The maximum absolute atomic E-state index is 15.5. The van der Waals surface area contributed by atoms with Crippen molar-refractivity contribution in [2.75, 3.05) is 0 Å². The number of oxazole rings is 1. The predicted octanol–water partition coefficient (Wildman–Crippen LogP) is 5.45. The largest absolute Gasteiger partial charge is 0.416 e. The van der Waals surface area contributed by atoms with E-state index in [0.29, 0.717) is 0 Å². The Morgan fingerprint density at radius 2 is 1.91 bits per heavy atom. The SMILES string of the molecule is C[C@H]1CC[C@H](c2ccccc2)SN1Cc1cc(F)c([C@]2(c3c[nH]c(=O)o3)C[C@](C)(O)C2)cc1F. The second kappa shape index (κ2) is 8.66. The first-order valence-electron chi connectivity index (χ1n) is 11.5. The lowest BCUT2D eigenvalue weighted by Crippen LogP contribution is -2.53. The van der Waals surface area contributed by atoms with Crippen LogP contribution >= 0.6 is 11.9 Å². The van der Waals surface area contributed by atoms with Gasteiger partial charge < -0.3 is 9.52 Å². The monoisotopic (exact) mass is 486 g/mol. The van der Waals surface area contributed by atoms with E-state index < -0.39 is 28.4 Å². The number of benzene rings is 2. The molecule has 2 fully saturated rings. The minimum Gasteiger partial charge on any atom is -0.412 e. The molecule has 5 rings (SSSR count). The Labute approximate surface area is 201 Å². The van der Waals surface area contributed by atoms with Gasteiger partial charge in [0, 0.05) is 35.2 Å². The molecule has 0 bridgehead atoms. The van der Waals surface area contributed by atoms with Crippen LogP contribution in [-0.2, 0) is 12.0 Å². The summed E-state index contributed by atoms with van der Waals surface area (Å²) in [5.74, 6) is -1.52. The minimum atomic E-state index is -1.09. The van der Waals surface area contributed by atoms with Gasteiger partial charge in [0.2, 0.25) is 0 Å². The molecule has 2 N–H and O–H groups in total. The number of hydrogen-bond donors (Lipinski definition) is 2. The highest BCUT2D eigenvalue weighted by molar-refractivity contribution is 7.97. The van der Waals surface area contributed by atoms with Gasteiger partial charge in [0.1, 0.15) is 17.4 Å². The third-order valence-electron chi connectivity index (χ3n) is 7.11. The first-order chi connectivity index (χ1) is 16.2. The average Bonchev–Trinajstić information content (AvgIpc) is 3.23. The maximum Gasteiger partial charge on any atom is 0.416 e. The second-order valence-corrected chi connectivity index (χ2v) is 11.2. The van der Waals surface area contributed by atoms with Gasteiger partial charge in [0.15, 0.2) is 0 Å². The Morgan fingerprint density at radius 3 is 2.56 bits per heavy atom. The number of nitrogens with one attached hydrogen (secondary N) is 1. The van der Waals surface area contributed by atoms with E-state index in [-0.39, 0.29) is 47.6 Å². The van der Waals surface area contributed by atoms with Crippen LogP contribution in [0.2, 0.25) is 0 Å². The molecule has 1 aliphatic carbocycles. The van der Waals surface area contributed by atoms with Crippen LogP contribution < -0.4 is 5.76 Å². The third kappa shape index (κ3) is 4.23. The fourth-order valence-electron chi connectivity index (χ4n) is 5.45. The molecule has 2 aliphatic rings. The molecule has 2 heterocycles. The molecule has 0 amide bonds. The second-order valence-electron chi connectivity index (χ2n) is 9.90. The van der Waals surface area contributed by atoms with E-state index in [9.17, 15) is 9.90 Å². The third-order valence-corrected chi connectivity index (χ3v) is 8.63. The van der Waals surface area contributed by atoms with Gasteiger partial charge in [-0.3, -0.25) is 4.98 Å². The molecule has 0 spiro atoms. The van der Waals surface area contributed by atoms with E-state index in [4.69, 9.17) is 4.42 Å². The summed E-state index contributed by atoms with van der Waals surface area (Å²) in [5.41, 5.74) is -0.518. The molecular formula is C26H28F2N2O3S. The lowest BCUT2D eigenvalue weighted by molar-refractivity contribution is -0.0687. The molecular weight excluding hydrogens is 458 g/mol. The van der Waals surface area contributed by atoms with Crippen molar-refractivity contribution in [1.29, 1.82) is 0 Å². The van der Waals surface area contributed by atoms with Crippen LogP contribution in [0.5, 0.6) is 0 Å². The summed E-state index contributed by atoms with van der Waals surface area (Å²) in [6.45, 7) is 4.02. The van der Waals surface area contributed by atoms with Gasteiger partial charge in [-0.05, 0) is 57.2 Å². The molecule has 1 aliphatic heterocycles. The summed E-state index contributed by atoms with van der Waals surface area (Å²) in [6, 6.07) is 12.9. The van der Waals surface area contributed by atoms with Crippen molar-refractivity contribution in [2.45, 2.75) is 68.4 Å². The van der Waals surface area contributed by atoms with Crippen molar-refractivity contribution in [3.05, 3.63) is 93.3 Å². The molecule has 3 aromatic rings. The molecule has 1 saturated carbocycles. The van der Waals surface area contributed by atoms with Gasteiger partial charge >= 0.3 is 5.76 Å². The first-order valence-corrected chi connectivity index (χ1v) is 12.4. The Morgan fingerprint density at radius 1 is 1.18 bits per heavy atom. The summed E-state index contributed by atoms with van der Waals surface area (Å²) in [4.78, 5) is 14.0. The zero-order chi connectivity index (χ0) is 24.1. The van der Waals surface area contributed by atoms with Gasteiger partial charge in [0.05, 0.1) is 11.0 Å². The van der Waals surface area contributed by atoms with E-state index in [1.54, 1.807) is 18.9 Å². The van der Waals surface area contributed by atoms with Crippen LogP contribution in [0.25, 0.3) is 0 Å².